The second-order valence-corrected chi connectivity index (χ2v) is 3.47. The first-order valence-corrected chi connectivity index (χ1v) is 5.13. The Bertz CT molecular complexity index is 437. The smallest absolute Gasteiger partial charge is 0.224 e. The standard InChI is InChI=1S/C12H13N3O/c16-12(8-10-4-2-1-3-5-10)15-9-11-13-6-7-14-11/h1-7H,8-9H2,(H,13,14)(H,15,16). The molecule has 16 heavy (non-hydrogen) atoms. The Kier molecular flexibility index (Phi) is 3.33. The molecule has 0 saturated heterocycles. The van der Waals surface area contributed by atoms with Crippen molar-refractivity contribution in [3.8, 4) is 0 Å². The van der Waals surface area contributed by atoms with Gasteiger partial charge in [-0.3, -0.25) is 4.79 Å². The summed E-state index contributed by atoms with van der Waals surface area (Å²) in [5.74, 6) is 0.768. The van der Waals surface area contributed by atoms with Gasteiger partial charge in [0, 0.05) is 12.4 Å². The van der Waals surface area contributed by atoms with Gasteiger partial charge in [0.15, 0.2) is 0 Å². The Hall–Kier alpha value is -2.10. The molecule has 1 aromatic carbocycles. The summed E-state index contributed by atoms with van der Waals surface area (Å²) in [6.07, 6.45) is 3.80. The molecule has 0 aliphatic carbocycles. The number of aromatic nitrogens is 2. The van der Waals surface area contributed by atoms with Crippen LogP contribution in [0.15, 0.2) is 42.7 Å². The molecule has 0 saturated carbocycles. The lowest BCUT2D eigenvalue weighted by Crippen LogP contribution is -2.25. The first-order chi connectivity index (χ1) is 7.84. The lowest BCUT2D eigenvalue weighted by atomic mass is 10.1. The average molecular weight is 215 g/mol. The number of rotatable bonds is 4. The van der Waals surface area contributed by atoms with Crippen molar-refractivity contribution >= 4 is 5.91 Å². The van der Waals surface area contributed by atoms with Crippen molar-refractivity contribution in [1.29, 1.82) is 0 Å². The predicted molar refractivity (Wildman–Crippen MR) is 60.6 cm³/mol. The first-order valence-electron chi connectivity index (χ1n) is 5.13. The van der Waals surface area contributed by atoms with Crippen molar-refractivity contribution in [3.63, 3.8) is 0 Å². The van der Waals surface area contributed by atoms with E-state index < -0.39 is 0 Å². The second-order valence-electron chi connectivity index (χ2n) is 3.47. The number of carbonyl (C=O) groups is 1. The van der Waals surface area contributed by atoms with Crippen molar-refractivity contribution in [1.82, 2.24) is 15.3 Å². The van der Waals surface area contributed by atoms with Gasteiger partial charge in [0.25, 0.3) is 0 Å². The summed E-state index contributed by atoms with van der Waals surface area (Å²) in [5, 5.41) is 2.80. The van der Waals surface area contributed by atoms with E-state index in [-0.39, 0.29) is 5.91 Å². The van der Waals surface area contributed by atoms with E-state index in [0.29, 0.717) is 13.0 Å². The van der Waals surface area contributed by atoms with E-state index in [0.717, 1.165) is 11.4 Å². The van der Waals surface area contributed by atoms with Gasteiger partial charge in [0.1, 0.15) is 5.82 Å². The maximum absolute atomic E-state index is 11.6. The predicted octanol–water partition coefficient (Wildman–Crippen LogP) is 1.27. The molecule has 0 radical (unpaired) electrons. The minimum Gasteiger partial charge on any atom is -0.349 e. The molecule has 0 bridgehead atoms. The fraction of sp³-hybridized carbons (Fsp3) is 0.167. The molecule has 4 nitrogen and oxygen atoms in total. The molecule has 1 amide bonds. The lowest BCUT2D eigenvalue weighted by molar-refractivity contribution is -0.120. The molecular formula is C12H13N3O. The number of benzene rings is 1. The molecule has 2 rings (SSSR count). The zero-order valence-electron chi connectivity index (χ0n) is 8.81. The Morgan fingerprint density at radius 1 is 1.31 bits per heavy atom. The van der Waals surface area contributed by atoms with Crippen LogP contribution in [-0.2, 0) is 17.8 Å². The highest BCUT2D eigenvalue weighted by Crippen LogP contribution is 1.99. The molecule has 4 heteroatoms. The quantitative estimate of drug-likeness (QED) is 0.806. The molecule has 1 aromatic heterocycles. The second kappa shape index (κ2) is 5.11. The average Bonchev–Trinajstić information content (AvgIpc) is 2.81. The van der Waals surface area contributed by atoms with Crippen molar-refractivity contribution in [2.24, 2.45) is 0 Å². The number of aromatic amines is 1. The van der Waals surface area contributed by atoms with Crippen LogP contribution in [0.1, 0.15) is 11.4 Å². The maximum atomic E-state index is 11.6. The molecule has 0 unspecified atom stereocenters. The highest BCUT2D eigenvalue weighted by Gasteiger charge is 2.03. The van der Waals surface area contributed by atoms with Gasteiger partial charge in [-0.05, 0) is 5.56 Å². The summed E-state index contributed by atoms with van der Waals surface area (Å²) in [6, 6.07) is 9.66. The topological polar surface area (TPSA) is 57.8 Å². The number of hydrogen-bond acceptors (Lipinski definition) is 2. The molecule has 0 fully saturated rings. The fourth-order valence-electron chi connectivity index (χ4n) is 1.42. The molecule has 2 N–H and O–H groups in total. The van der Waals surface area contributed by atoms with Gasteiger partial charge in [-0.1, -0.05) is 30.3 Å². The highest BCUT2D eigenvalue weighted by atomic mass is 16.1. The zero-order chi connectivity index (χ0) is 11.2. The molecule has 0 spiro atoms. The van der Waals surface area contributed by atoms with E-state index >= 15 is 0 Å². The third-order valence-electron chi connectivity index (χ3n) is 2.22. The molecule has 1 heterocycles. The van der Waals surface area contributed by atoms with Gasteiger partial charge in [-0.15, -0.1) is 0 Å². The van der Waals surface area contributed by atoms with E-state index in [1.165, 1.54) is 0 Å². The molecule has 2 aromatic rings. The van der Waals surface area contributed by atoms with Crippen LogP contribution >= 0.6 is 0 Å². The lowest BCUT2D eigenvalue weighted by Gasteiger charge is -2.03. The number of amides is 1. The number of H-pyrrole nitrogens is 1. The van der Waals surface area contributed by atoms with Gasteiger partial charge in [-0.25, -0.2) is 4.98 Å². The van der Waals surface area contributed by atoms with Crippen molar-refractivity contribution in [2.75, 3.05) is 0 Å². The minimum absolute atomic E-state index is 0.00241. The number of carbonyl (C=O) groups excluding carboxylic acids is 1. The van der Waals surface area contributed by atoms with Crippen LogP contribution in [0, 0.1) is 0 Å². The van der Waals surface area contributed by atoms with E-state index in [1.54, 1.807) is 12.4 Å². The SMILES string of the molecule is O=C(Cc1ccccc1)NCc1ncc[nH]1. The number of nitrogens with zero attached hydrogens (tertiary/aromatic N) is 1. The zero-order valence-corrected chi connectivity index (χ0v) is 8.81. The van der Waals surface area contributed by atoms with Gasteiger partial charge in [0.2, 0.25) is 5.91 Å². The van der Waals surface area contributed by atoms with E-state index in [2.05, 4.69) is 15.3 Å². The van der Waals surface area contributed by atoms with Crippen molar-refractivity contribution in [3.05, 3.63) is 54.1 Å². The monoisotopic (exact) mass is 215 g/mol. The van der Waals surface area contributed by atoms with Gasteiger partial charge >= 0.3 is 0 Å². The third kappa shape index (κ3) is 2.95. The first kappa shape index (κ1) is 10.4. The summed E-state index contributed by atoms with van der Waals surface area (Å²) < 4.78 is 0. The summed E-state index contributed by atoms with van der Waals surface area (Å²) in [5.41, 5.74) is 1.01. The summed E-state index contributed by atoms with van der Waals surface area (Å²) in [4.78, 5) is 18.5. The summed E-state index contributed by atoms with van der Waals surface area (Å²) >= 11 is 0. The minimum atomic E-state index is 0.00241. The van der Waals surface area contributed by atoms with Gasteiger partial charge < -0.3 is 10.3 Å². The molecular weight excluding hydrogens is 202 g/mol. The van der Waals surface area contributed by atoms with Gasteiger partial charge in [0.05, 0.1) is 13.0 Å². The molecule has 0 atom stereocenters. The van der Waals surface area contributed by atoms with Crippen LogP contribution in [0.3, 0.4) is 0 Å². The van der Waals surface area contributed by atoms with Crippen LogP contribution in [0.4, 0.5) is 0 Å². The summed E-state index contributed by atoms with van der Waals surface area (Å²) in [6.45, 7) is 0.443. The highest BCUT2D eigenvalue weighted by molar-refractivity contribution is 5.78. The Morgan fingerprint density at radius 2 is 2.12 bits per heavy atom. The van der Waals surface area contributed by atoms with Crippen LogP contribution in [0.5, 0.6) is 0 Å². The number of nitrogens with one attached hydrogen (secondary N) is 2. The summed E-state index contributed by atoms with van der Waals surface area (Å²) in [7, 11) is 0. The van der Waals surface area contributed by atoms with E-state index in [4.69, 9.17) is 0 Å². The Balaban J connectivity index is 1.81. The Morgan fingerprint density at radius 3 is 2.81 bits per heavy atom. The molecule has 82 valence electrons. The van der Waals surface area contributed by atoms with Crippen LogP contribution in [0.25, 0.3) is 0 Å². The molecule has 0 aliphatic rings. The van der Waals surface area contributed by atoms with Crippen LogP contribution < -0.4 is 5.32 Å². The van der Waals surface area contributed by atoms with Crippen molar-refractivity contribution in [2.45, 2.75) is 13.0 Å². The number of hydrogen-bond donors (Lipinski definition) is 2. The maximum Gasteiger partial charge on any atom is 0.224 e. The third-order valence-corrected chi connectivity index (χ3v) is 2.22. The number of imidazole rings is 1. The van der Waals surface area contributed by atoms with Gasteiger partial charge in [-0.2, -0.15) is 0 Å². The Labute approximate surface area is 93.7 Å². The molecule has 0 aliphatic heterocycles. The largest absolute Gasteiger partial charge is 0.349 e. The van der Waals surface area contributed by atoms with Crippen LogP contribution in [0.2, 0.25) is 0 Å². The van der Waals surface area contributed by atoms with Crippen LogP contribution in [-0.4, -0.2) is 15.9 Å². The fourth-order valence-corrected chi connectivity index (χ4v) is 1.42. The van der Waals surface area contributed by atoms with Crippen molar-refractivity contribution < 1.29 is 4.79 Å². The van der Waals surface area contributed by atoms with E-state index in [9.17, 15) is 4.79 Å². The van der Waals surface area contributed by atoms with E-state index in [1.807, 2.05) is 30.3 Å². The normalized spacial score (nSPS) is 10.0.